The zero-order chi connectivity index (χ0) is 13.9. The number of nitrogens with zero attached hydrogens (tertiary/aromatic N) is 3. The number of aromatic nitrogens is 2. The van der Waals surface area contributed by atoms with Crippen molar-refractivity contribution in [3.05, 3.63) is 5.89 Å². The molecule has 0 aliphatic carbocycles. The van der Waals surface area contributed by atoms with E-state index in [1.165, 1.54) is 0 Å². The van der Waals surface area contributed by atoms with Crippen LogP contribution in [0.1, 0.15) is 25.7 Å². The lowest BCUT2D eigenvalue weighted by atomic mass is 10.2. The maximum Gasteiger partial charge on any atom is 0.318 e. The lowest BCUT2D eigenvalue weighted by molar-refractivity contribution is 0.457. The molecule has 1 N–H and O–H groups in total. The second-order valence-electron chi connectivity index (χ2n) is 4.82. The Morgan fingerprint density at radius 2 is 2.26 bits per heavy atom. The van der Waals surface area contributed by atoms with E-state index in [0.717, 1.165) is 13.0 Å². The quantitative estimate of drug-likeness (QED) is 0.748. The summed E-state index contributed by atoms with van der Waals surface area (Å²) in [5.41, 5.74) is 0. The average Bonchev–Trinajstić information content (AvgIpc) is 2.95. The summed E-state index contributed by atoms with van der Waals surface area (Å²) in [5.74, 6) is 0.923. The fourth-order valence-corrected chi connectivity index (χ4v) is 3.84. The predicted molar refractivity (Wildman–Crippen MR) is 71.8 cm³/mol. The van der Waals surface area contributed by atoms with Gasteiger partial charge in [-0.25, -0.2) is 8.42 Å². The molecule has 0 saturated carbocycles. The molecule has 0 radical (unpaired) electrons. The Bertz CT molecular complexity index is 514. The van der Waals surface area contributed by atoms with Crippen LogP contribution in [0.2, 0.25) is 0 Å². The summed E-state index contributed by atoms with van der Waals surface area (Å²) < 4.78 is 28.4. The maximum atomic E-state index is 11.5. The minimum absolute atomic E-state index is 0.0677. The highest BCUT2D eigenvalue weighted by Gasteiger charge is 2.32. The van der Waals surface area contributed by atoms with Crippen LogP contribution >= 0.6 is 0 Å². The molecule has 0 amide bonds. The van der Waals surface area contributed by atoms with Gasteiger partial charge >= 0.3 is 6.01 Å². The number of anilines is 1. The van der Waals surface area contributed by atoms with Gasteiger partial charge in [-0.2, -0.15) is 0 Å². The van der Waals surface area contributed by atoms with Crippen LogP contribution < -0.4 is 10.2 Å². The normalized spacial score (nSPS) is 21.7. The summed E-state index contributed by atoms with van der Waals surface area (Å²) in [6.45, 7) is 3.52. The van der Waals surface area contributed by atoms with Crippen molar-refractivity contribution in [1.82, 2.24) is 15.5 Å². The van der Waals surface area contributed by atoms with Crippen molar-refractivity contribution in [3.8, 4) is 0 Å². The van der Waals surface area contributed by atoms with Crippen LogP contribution in [0.15, 0.2) is 4.42 Å². The zero-order valence-corrected chi connectivity index (χ0v) is 12.1. The monoisotopic (exact) mass is 288 g/mol. The zero-order valence-electron chi connectivity index (χ0n) is 11.3. The Morgan fingerprint density at radius 3 is 2.89 bits per heavy atom. The molecule has 2 heterocycles. The lowest BCUT2D eigenvalue weighted by Crippen LogP contribution is -2.32. The van der Waals surface area contributed by atoms with Gasteiger partial charge in [0.05, 0.1) is 18.1 Å². The first-order chi connectivity index (χ1) is 9.02. The molecule has 0 aromatic carbocycles. The topological polar surface area (TPSA) is 88.3 Å². The van der Waals surface area contributed by atoms with Gasteiger partial charge in [0.15, 0.2) is 9.84 Å². The van der Waals surface area contributed by atoms with E-state index in [9.17, 15) is 8.42 Å². The largest absolute Gasteiger partial charge is 0.407 e. The van der Waals surface area contributed by atoms with Crippen LogP contribution in [0.5, 0.6) is 0 Å². The molecule has 1 unspecified atom stereocenters. The molecule has 8 heteroatoms. The summed E-state index contributed by atoms with van der Waals surface area (Å²) in [5, 5.41) is 11.1. The highest BCUT2D eigenvalue weighted by atomic mass is 32.2. The first kappa shape index (κ1) is 14.3. The first-order valence-electron chi connectivity index (χ1n) is 6.48. The van der Waals surface area contributed by atoms with Crippen LogP contribution in [-0.4, -0.2) is 49.8 Å². The summed E-state index contributed by atoms with van der Waals surface area (Å²) in [4.78, 5) is 1.76. The van der Waals surface area contributed by atoms with Crippen LogP contribution in [-0.2, 0) is 16.4 Å². The maximum absolute atomic E-state index is 11.5. The highest BCUT2D eigenvalue weighted by molar-refractivity contribution is 7.91. The number of sulfone groups is 1. The van der Waals surface area contributed by atoms with Crippen molar-refractivity contribution in [2.45, 2.75) is 32.4 Å². The minimum Gasteiger partial charge on any atom is -0.407 e. The van der Waals surface area contributed by atoms with Crippen LogP contribution in [0.3, 0.4) is 0 Å². The molecule has 108 valence electrons. The Kier molecular flexibility index (Phi) is 4.41. The van der Waals surface area contributed by atoms with Gasteiger partial charge < -0.3 is 14.6 Å². The van der Waals surface area contributed by atoms with Crippen LogP contribution in [0, 0.1) is 0 Å². The number of nitrogens with one attached hydrogen (secondary N) is 1. The molecule has 19 heavy (non-hydrogen) atoms. The van der Waals surface area contributed by atoms with E-state index in [2.05, 4.69) is 22.4 Å². The molecule has 1 atom stereocenters. The van der Waals surface area contributed by atoms with E-state index in [1.807, 2.05) is 0 Å². The Morgan fingerprint density at radius 1 is 1.47 bits per heavy atom. The molecule has 7 nitrogen and oxygen atoms in total. The van der Waals surface area contributed by atoms with Gasteiger partial charge in [-0.05, 0) is 19.4 Å². The summed E-state index contributed by atoms with van der Waals surface area (Å²) in [6, 6.07) is 0.317. The molecular weight excluding hydrogens is 268 g/mol. The van der Waals surface area contributed by atoms with Crippen LogP contribution in [0.25, 0.3) is 0 Å². The molecule has 1 aliphatic rings. The molecule has 1 aromatic heterocycles. The minimum atomic E-state index is -2.90. The molecule has 1 aromatic rings. The molecular formula is C11H20N4O3S. The van der Waals surface area contributed by atoms with Gasteiger partial charge in [-0.15, -0.1) is 5.10 Å². The van der Waals surface area contributed by atoms with Crippen LogP contribution in [0.4, 0.5) is 6.01 Å². The van der Waals surface area contributed by atoms with E-state index in [0.29, 0.717) is 24.9 Å². The smallest absolute Gasteiger partial charge is 0.318 e. The van der Waals surface area contributed by atoms with E-state index in [-0.39, 0.29) is 17.5 Å². The van der Waals surface area contributed by atoms with Crippen molar-refractivity contribution in [2.75, 3.05) is 30.0 Å². The van der Waals surface area contributed by atoms with E-state index < -0.39 is 9.84 Å². The van der Waals surface area contributed by atoms with E-state index in [4.69, 9.17) is 4.42 Å². The third kappa shape index (κ3) is 3.66. The van der Waals surface area contributed by atoms with Crippen molar-refractivity contribution >= 4 is 15.9 Å². The molecule has 1 saturated heterocycles. The van der Waals surface area contributed by atoms with Gasteiger partial charge in [0.1, 0.15) is 0 Å². The summed E-state index contributed by atoms with van der Waals surface area (Å²) in [7, 11) is -1.11. The lowest BCUT2D eigenvalue weighted by Gasteiger charge is -2.20. The standard InChI is InChI=1S/C11H20N4O3S/c1-3-5-12-7-10-13-14-11(18-10)15(2)9-4-6-19(16,17)8-9/h9,12H,3-8H2,1-2H3. The van der Waals surface area contributed by atoms with Gasteiger partial charge in [-0.3, -0.25) is 0 Å². The van der Waals surface area contributed by atoms with Gasteiger partial charge in [0.25, 0.3) is 0 Å². The number of hydrogen-bond acceptors (Lipinski definition) is 7. The molecule has 2 rings (SSSR count). The van der Waals surface area contributed by atoms with E-state index in [1.54, 1.807) is 11.9 Å². The predicted octanol–water partition coefficient (Wildman–Crippen LogP) is 0.193. The first-order valence-corrected chi connectivity index (χ1v) is 8.30. The Labute approximate surface area is 113 Å². The van der Waals surface area contributed by atoms with Crippen molar-refractivity contribution in [1.29, 1.82) is 0 Å². The molecule has 0 bridgehead atoms. The van der Waals surface area contributed by atoms with Crippen molar-refractivity contribution < 1.29 is 12.8 Å². The third-order valence-corrected chi connectivity index (χ3v) is 4.97. The Balaban J connectivity index is 1.94. The molecule has 0 spiro atoms. The number of rotatable bonds is 6. The van der Waals surface area contributed by atoms with Gasteiger partial charge in [-0.1, -0.05) is 12.0 Å². The second-order valence-corrected chi connectivity index (χ2v) is 7.05. The average molecular weight is 288 g/mol. The molecule has 1 fully saturated rings. The second kappa shape index (κ2) is 5.87. The van der Waals surface area contributed by atoms with Gasteiger partial charge in [0, 0.05) is 13.1 Å². The fraction of sp³-hybridized carbons (Fsp3) is 0.818. The Hall–Kier alpha value is -1.15. The van der Waals surface area contributed by atoms with Gasteiger partial charge in [0.2, 0.25) is 5.89 Å². The van der Waals surface area contributed by atoms with Crippen molar-refractivity contribution in [3.63, 3.8) is 0 Å². The molecule has 1 aliphatic heterocycles. The SMILES string of the molecule is CCCNCc1nnc(N(C)C2CCS(=O)(=O)C2)o1. The summed E-state index contributed by atoms with van der Waals surface area (Å²) >= 11 is 0. The highest BCUT2D eigenvalue weighted by Crippen LogP contribution is 2.21. The third-order valence-electron chi connectivity index (χ3n) is 3.22. The van der Waals surface area contributed by atoms with E-state index >= 15 is 0 Å². The van der Waals surface area contributed by atoms with Crippen molar-refractivity contribution in [2.24, 2.45) is 0 Å². The fourth-order valence-electron chi connectivity index (χ4n) is 2.07. The summed E-state index contributed by atoms with van der Waals surface area (Å²) in [6.07, 6.45) is 1.66. The number of hydrogen-bond donors (Lipinski definition) is 1.